The molecule has 2 heterocycles. The van der Waals surface area contributed by atoms with Crippen LogP contribution in [0.15, 0.2) is 34.1 Å². The predicted octanol–water partition coefficient (Wildman–Crippen LogP) is 3.83. The van der Waals surface area contributed by atoms with Gasteiger partial charge in [0.25, 0.3) is 11.8 Å². The third kappa shape index (κ3) is 5.72. The van der Waals surface area contributed by atoms with Crippen LogP contribution in [0, 0.1) is 6.92 Å². The van der Waals surface area contributed by atoms with Gasteiger partial charge in [-0.25, -0.2) is 0 Å². The van der Waals surface area contributed by atoms with Gasteiger partial charge < -0.3 is 20.3 Å². The lowest BCUT2D eigenvalue weighted by atomic mass is 10.1. The average Bonchev–Trinajstić information content (AvgIpc) is 3.43. The molecule has 2 unspecified atom stereocenters. The molecule has 1 fully saturated rings. The van der Waals surface area contributed by atoms with E-state index >= 15 is 0 Å². The van der Waals surface area contributed by atoms with E-state index in [2.05, 4.69) is 26.6 Å². The number of hydrogen-bond donors (Lipinski definition) is 2. The van der Waals surface area contributed by atoms with Crippen molar-refractivity contribution in [3.05, 3.63) is 50.1 Å². The summed E-state index contributed by atoms with van der Waals surface area (Å²) >= 11 is 4.62. The number of nitrogens with zero attached hydrogens (tertiary/aromatic N) is 1. The van der Waals surface area contributed by atoms with Gasteiger partial charge >= 0.3 is 0 Å². The number of benzene rings is 1. The summed E-state index contributed by atoms with van der Waals surface area (Å²) in [5.74, 6) is -0.716. The maximum absolute atomic E-state index is 12.9. The molecule has 9 heteroatoms. The minimum Gasteiger partial charge on any atom is -0.379 e. The Bertz CT molecular complexity index is 971. The van der Waals surface area contributed by atoms with Gasteiger partial charge in [0.2, 0.25) is 5.91 Å². The third-order valence-corrected chi connectivity index (χ3v) is 6.95. The number of ether oxygens (including phenoxy) is 1. The van der Waals surface area contributed by atoms with Gasteiger partial charge in [0.05, 0.1) is 14.8 Å². The number of hydrogen-bond acceptors (Lipinski definition) is 5. The molecule has 3 rings (SSSR count). The number of halogens is 1. The molecule has 166 valence electrons. The van der Waals surface area contributed by atoms with Gasteiger partial charge in [-0.15, -0.1) is 11.3 Å². The van der Waals surface area contributed by atoms with E-state index in [1.165, 1.54) is 18.4 Å². The van der Waals surface area contributed by atoms with Gasteiger partial charge in [0.1, 0.15) is 6.04 Å². The van der Waals surface area contributed by atoms with Crippen LogP contribution in [-0.2, 0) is 9.53 Å². The maximum atomic E-state index is 12.9. The number of anilines is 1. The van der Waals surface area contributed by atoms with Crippen molar-refractivity contribution in [1.82, 2.24) is 10.2 Å². The number of likely N-dealkylation sites (tertiary alicyclic amines) is 1. The fourth-order valence-corrected chi connectivity index (χ4v) is 4.76. The van der Waals surface area contributed by atoms with Crippen LogP contribution in [0.3, 0.4) is 0 Å². The second kappa shape index (κ2) is 10.4. The first-order valence-electron chi connectivity index (χ1n) is 10.1. The largest absolute Gasteiger partial charge is 0.379 e. The summed E-state index contributed by atoms with van der Waals surface area (Å²) in [7, 11) is 1.49. The molecule has 1 aromatic carbocycles. The van der Waals surface area contributed by atoms with E-state index in [-0.39, 0.29) is 11.8 Å². The molecule has 0 saturated carbocycles. The van der Waals surface area contributed by atoms with Crippen molar-refractivity contribution in [2.24, 2.45) is 0 Å². The van der Waals surface area contributed by atoms with Crippen molar-refractivity contribution in [1.29, 1.82) is 0 Å². The van der Waals surface area contributed by atoms with E-state index in [0.717, 1.165) is 35.3 Å². The molecule has 2 aromatic rings. The number of methoxy groups -OCH3 is 1. The number of aryl methyl sites for hydroxylation is 1. The molecule has 31 heavy (non-hydrogen) atoms. The van der Waals surface area contributed by atoms with Crippen LogP contribution in [-0.4, -0.2) is 55.0 Å². The summed E-state index contributed by atoms with van der Waals surface area (Å²) in [4.78, 5) is 40.5. The van der Waals surface area contributed by atoms with Crippen molar-refractivity contribution in [3.8, 4) is 0 Å². The molecule has 0 spiro atoms. The summed E-state index contributed by atoms with van der Waals surface area (Å²) in [5.41, 5.74) is 1.98. The number of amides is 3. The fraction of sp³-hybridized carbons (Fsp3) is 0.409. The smallest absolute Gasteiger partial charge is 0.262 e. The van der Waals surface area contributed by atoms with E-state index in [1.807, 2.05) is 11.8 Å². The Balaban J connectivity index is 1.71. The summed E-state index contributed by atoms with van der Waals surface area (Å²) in [6.07, 6.45) is 1.53. The number of carbonyl (C=O) groups is 3. The molecule has 2 atom stereocenters. The molecule has 1 aliphatic heterocycles. The van der Waals surface area contributed by atoms with E-state index in [4.69, 9.17) is 4.74 Å². The van der Waals surface area contributed by atoms with Crippen LogP contribution in [0.25, 0.3) is 0 Å². The third-order valence-electron chi connectivity index (χ3n) is 5.32. The molecule has 7 nitrogen and oxygen atoms in total. The summed E-state index contributed by atoms with van der Waals surface area (Å²) in [6.45, 7) is 5.14. The molecule has 1 aromatic heterocycles. The first-order chi connectivity index (χ1) is 14.8. The van der Waals surface area contributed by atoms with Crippen LogP contribution in [0.5, 0.6) is 0 Å². The molecule has 0 bridgehead atoms. The number of rotatable bonds is 7. The van der Waals surface area contributed by atoms with Crippen molar-refractivity contribution in [2.75, 3.05) is 25.5 Å². The standard InChI is InChI=1S/C22H26BrN3O4S/c1-13-12-15(6-7-16(13)22(29)26-10-4-5-11-26)24-21(28)19(14(2)30-3)25-20(27)17-8-9-18(23)31-17/h6-9,12,14,19H,4-5,10-11H2,1-3H3,(H,24,28)(H,25,27). The summed E-state index contributed by atoms with van der Waals surface area (Å²) < 4.78 is 6.14. The number of carbonyl (C=O) groups excluding carboxylic acids is 3. The second-order valence-electron chi connectivity index (χ2n) is 7.51. The fourth-order valence-electron chi connectivity index (χ4n) is 3.47. The van der Waals surface area contributed by atoms with Gasteiger partial charge in [-0.3, -0.25) is 14.4 Å². The van der Waals surface area contributed by atoms with Crippen LogP contribution >= 0.6 is 27.3 Å². The SMILES string of the molecule is COC(C)C(NC(=O)c1ccc(Br)s1)C(=O)Nc1ccc(C(=O)N2CCCC2)c(C)c1. The van der Waals surface area contributed by atoms with Crippen molar-refractivity contribution >= 4 is 50.7 Å². The average molecular weight is 508 g/mol. The highest BCUT2D eigenvalue weighted by Crippen LogP contribution is 2.23. The lowest BCUT2D eigenvalue weighted by Crippen LogP contribution is -2.50. The monoisotopic (exact) mass is 507 g/mol. The maximum Gasteiger partial charge on any atom is 0.262 e. The zero-order valence-corrected chi connectivity index (χ0v) is 20.1. The molecule has 3 amide bonds. The predicted molar refractivity (Wildman–Crippen MR) is 125 cm³/mol. The Morgan fingerprint density at radius 3 is 2.45 bits per heavy atom. The molecule has 0 aliphatic carbocycles. The molecule has 1 saturated heterocycles. The van der Waals surface area contributed by atoms with Crippen molar-refractivity contribution in [3.63, 3.8) is 0 Å². The van der Waals surface area contributed by atoms with Gasteiger partial charge in [-0.1, -0.05) is 0 Å². The minimum atomic E-state index is -0.885. The lowest BCUT2D eigenvalue weighted by molar-refractivity contribution is -0.120. The Labute approximate surface area is 194 Å². The molecule has 1 aliphatic rings. The van der Waals surface area contributed by atoms with Crippen LogP contribution in [0.4, 0.5) is 5.69 Å². The normalized spacial score (nSPS) is 15.4. The van der Waals surface area contributed by atoms with Crippen LogP contribution < -0.4 is 10.6 Å². The van der Waals surface area contributed by atoms with Gasteiger partial charge in [0.15, 0.2) is 0 Å². The van der Waals surface area contributed by atoms with E-state index in [1.54, 1.807) is 37.3 Å². The zero-order valence-electron chi connectivity index (χ0n) is 17.7. The van der Waals surface area contributed by atoms with Crippen molar-refractivity contribution in [2.45, 2.75) is 38.8 Å². The van der Waals surface area contributed by atoms with Crippen LogP contribution in [0.2, 0.25) is 0 Å². The topological polar surface area (TPSA) is 87.7 Å². The number of nitrogens with one attached hydrogen (secondary N) is 2. The Morgan fingerprint density at radius 2 is 1.87 bits per heavy atom. The lowest BCUT2D eigenvalue weighted by Gasteiger charge is -2.23. The first kappa shape index (κ1) is 23.4. The highest BCUT2D eigenvalue weighted by molar-refractivity contribution is 9.11. The van der Waals surface area contributed by atoms with Crippen LogP contribution in [0.1, 0.15) is 45.4 Å². The Morgan fingerprint density at radius 1 is 1.16 bits per heavy atom. The highest BCUT2D eigenvalue weighted by atomic mass is 79.9. The molecular weight excluding hydrogens is 482 g/mol. The summed E-state index contributed by atoms with van der Waals surface area (Å²) in [6, 6.07) is 7.80. The Kier molecular flexibility index (Phi) is 7.85. The van der Waals surface area contributed by atoms with E-state index in [9.17, 15) is 14.4 Å². The van der Waals surface area contributed by atoms with Crippen molar-refractivity contribution < 1.29 is 19.1 Å². The minimum absolute atomic E-state index is 0.0214. The number of thiophene rings is 1. The summed E-state index contributed by atoms with van der Waals surface area (Å²) in [5, 5.41) is 5.58. The second-order valence-corrected chi connectivity index (χ2v) is 9.98. The Hall–Kier alpha value is -2.23. The van der Waals surface area contributed by atoms with Gasteiger partial charge in [-0.2, -0.15) is 0 Å². The quantitative estimate of drug-likeness (QED) is 0.595. The molecule has 0 radical (unpaired) electrons. The van der Waals surface area contributed by atoms with E-state index in [0.29, 0.717) is 16.1 Å². The van der Waals surface area contributed by atoms with Gasteiger partial charge in [0, 0.05) is 31.5 Å². The first-order valence-corrected chi connectivity index (χ1v) is 11.7. The molecular formula is C22H26BrN3O4S. The van der Waals surface area contributed by atoms with E-state index < -0.39 is 18.1 Å². The molecule has 2 N–H and O–H groups in total. The zero-order chi connectivity index (χ0) is 22.5. The van der Waals surface area contributed by atoms with Gasteiger partial charge in [-0.05, 0) is 78.5 Å². The highest BCUT2D eigenvalue weighted by Gasteiger charge is 2.28.